The Labute approximate surface area is 157 Å². The van der Waals surface area contributed by atoms with Gasteiger partial charge in [0, 0.05) is 18.2 Å². The van der Waals surface area contributed by atoms with Gasteiger partial charge in [0.25, 0.3) is 0 Å². The molecule has 3 aromatic heterocycles. The van der Waals surface area contributed by atoms with Gasteiger partial charge >= 0.3 is 0 Å². The topological polar surface area (TPSA) is 126 Å². The first-order chi connectivity index (χ1) is 12.9. The summed E-state index contributed by atoms with van der Waals surface area (Å²) in [5.41, 5.74) is 4.45. The number of rotatable bonds is 3. The van der Waals surface area contributed by atoms with Crippen LogP contribution in [0.15, 0.2) is 79.5 Å². The predicted octanol–water partition coefficient (Wildman–Crippen LogP) is -2.16. The number of pyridine rings is 1. The molecule has 1 aromatic carbocycles. The van der Waals surface area contributed by atoms with Crippen LogP contribution >= 0.6 is 0 Å². The van der Waals surface area contributed by atoms with Crippen molar-refractivity contribution in [3.05, 3.63) is 90.6 Å². The minimum Gasteiger partial charge on any atom is -0.230 e. The molecule has 0 spiro atoms. The quantitative estimate of drug-likeness (QED) is 0.369. The monoisotopic (exact) mass is 386 g/mol. The van der Waals surface area contributed by atoms with E-state index >= 15 is 0 Å². The maximum Gasteiger partial charge on any atom is 0.247 e. The average Bonchev–Trinajstić information content (AvgIpc) is 3.09. The van der Waals surface area contributed by atoms with Crippen LogP contribution in [0.5, 0.6) is 0 Å². The summed E-state index contributed by atoms with van der Waals surface area (Å²) in [7, 11) is -4.94. The Kier molecular flexibility index (Phi) is 5.75. The Morgan fingerprint density at radius 1 is 0.889 bits per heavy atom. The molecule has 0 bridgehead atoms. The molecule has 0 amide bonds. The summed E-state index contributed by atoms with van der Waals surface area (Å²) < 4.78 is 37.8. The van der Waals surface area contributed by atoms with E-state index in [4.69, 9.17) is 18.6 Å². The first-order valence-corrected chi connectivity index (χ1v) is 9.07. The lowest BCUT2D eigenvalue weighted by Crippen LogP contribution is -2.68. The van der Waals surface area contributed by atoms with Gasteiger partial charge in [-0.2, -0.15) is 9.67 Å². The van der Waals surface area contributed by atoms with Crippen molar-refractivity contribution in [2.45, 2.75) is 6.42 Å². The molecule has 0 radical (unpaired) electrons. The van der Waals surface area contributed by atoms with E-state index in [0.717, 1.165) is 17.8 Å². The normalized spacial score (nSPS) is 11.1. The van der Waals surface area contributed by atoms with Crippen molar-refractivity contribution in [1.29, 1.82) is 0 Å². The lowest BCUT2D eigenvalue weighted by Gasteiger charge is -2.17. The molecule has 4 rings (SSSR count). The Hall–Kier alpha value is -2.88. The Morgan fingerprint density at radius 3 is 2.19 bits per heavy atom. The SMILES string of the molecule is [O-][Cl+3]([O-])([O-])[O-].c1ccc(Cc2cc[n+](-c3cnc4ccnn4c3)cc2)cc1. The summed E-state index contributed by atoms with van der Waals surface area (Å²) in [5.74, 6) is 0. The molecule has 0 N–H and O–H groups in total. The molecule has 0 saturated heterocycles. The zero-order valence-corrected chi connectivity index (χ0v) is 14.8. The highest BCUT2D eigenvalue weighted by molar-refractivity contribution is 5.37. The second-order valence-corrected chi connectivity index (χ2v) is 6.36. The summed E-state index contributed by atoms with van der Waals surface area (Å²) in [6.45, 7) is 0. The molecule has 27 heavy (non-hydrogen) atoms. The molecule has 0 unspecified atom stereocenters. The number of nitrogens with zero attached hydrogens (tertiary/aromatic N) is 4. The number of halogens is 1. The highest BCUT2D eigenvalue weighted by Crippen LogP contribution is 2.08. The van der Waals surface area contributed by atoms with Gasteiger partial charge in [0.2, 0.25) is 5.69 Å². The first-order valence-electron chi connectivity index (χ1n) is 7.84. The van der Waals surface area contributed by atoms with Crippen LogP contribution in [0.4, 0.5) is 0 Å². The van der Waals surface area contributed by atoms with Crippen LogP contribution in [0.2, 0.25) is 0 Å². The van der Waals surface area contributed by atoms with E-state index in [-0.39, 0.29) is 0 Å². The third-order valence-corrected chi connectivity index (χ3v) is 3.68. The van der Waals surface area contributed by atoms with E-state index in [1.54, 1.807) is 10.7 Å². The van der Waals surface area contributed by atoms with Crippen LogP contribution in [0.3, 0.4) is 0 Å². The van der Waals surface area contributed by atoms with Crippen molar-refractivity contribution in [3.8, 4) is 5.69 Å². The van der Waals surface area contributed by atoms with Crippen LogP contribution in [0, 0.1) is 10.2 Å². The summed E-state index contributed by atoms with van der Waals surface area (Å²) in [4.78, 5) is 4.39. The van der Waals surface area contributed by atoms with Crippen LogP contribution in [0.1, 0.15) is 11.1 Å². The summed E-state index contributed by atoms with van der Waals surface area (Å²) in [6, 6.07) is 16.7. The number of hydrogen-bond donors (Lipinski definition) is 0. The second kappa shape index (κ2) is 8.21. The third-order valence-electron chi connectivity index (χ3n) is 3.68. The molecular formula is C18H15ClN4O4. The molecule has 0 aliphatic carbocycles. The molecule has 0 atom stereocenters. The van der Waals surface area contributed by atoms with Gasteiger partial charge in [-0.15, -0.1) is 10.2 Å². The molecule has 0 aliphatic heterocycles. The molecule has 0 fully saturated rings. The van der Waals surface area contributed by atoms with E-state index in [0.29, 0.717) is 0 Å². The number of benzene rings is 1. The van der Waals surface area contributed by atoms with Crippen LogP contribution in [-0.4, -0.2) is 14.6 Å². The van der Waals surface area contributed by atoms with Crippen molar-refractivity contribution in [2.75, 3.05) is 0 Å². The third kappa shape index (κ3) is 5.81. The summed E-state index contributed by atoms with van der Waals surface area (Å²) >= 11 is 0. The lowest BCUT2D eigenvalue weighted by atomic mass is 10.1. The molecule has 138 valence electrons. The largest absolute Gasteiger partial charge is 0.247 e. The fraction of sp³-hybridized carbons (Fsp3) is 0.0556. The van der Waals surface area contributed by atoms with E-state index in [2.05, 4.69) is 58.9 Å². The maximum absolute atomic E-state index is 8.49. The zero-order valence-electron chi connectivity index (χ0n) is 14.0. The molecular weight excluding hydrogens is 372 g/mol. The zero-order chi connectivity index (χ0) is 19.3. The van der Waals surface area contributed by atoms with Crippen molar-refractivity contribution in [3.63, 3.8) is 0 Å². The van der Waals surface area contributed by atoms with Gasteiger partial charge in [-0.25, -0.2) is 28.1 Å². The molecule has 0 aliphatic rings. The van der Waals surface area contributed by atoms with Crippen molar-refractivity contribution < 1.29 is 33.4 Å². The van der Waals surface area contributed by atoms with E-state index < -0.39 is 10.2 Å². The van der Waals surface area contributed by atoms with Gasteiger partial charge in [-0.05, 0) is 17.5 Å². The van der Waals surface area contributed by atoms with Gasteiger partial charge in [-0.1, -0.05) is 30.3 Å². The Morgan fingerprint density at radius 2 is 1.52 bits per heavy atom. The smallest absolute Gasteiger partial charge is 0.230 e. The second-order valence-electron chi connectivity index (χ2n) is 5.60. The van der Waals surface area contributed by atoms with E-state index in [1.807, 2.05) is 29.1 Å². The van der Waals surface area contributed by atoms with Crippen molar-refractivity contribution in [2.24, 2.45) is 0 Å². The Bertz CT molecular complexity index is 995. The number of hydrogen-bond acceptors (Lipinski definition) is 6. The minimum atomic E-state index is -4.94. The van der Waals surface area contributed by atoms with Crippen LogP contribution in [0.25, 0.3) is 11.3 Å². The predicted molar refractivity (Wildman–Crippen MR) is 83.8 cm³/mol. The maximum atomic E-state index is 8.49. The molecule has 9 heteroatoms. The van der Waals surface area contributed by atoms with Gasteiger partial charge in [0.05, 0.1) is 6.20 Å². The molecule has 0 saturated carbocycles. The highest BCUT2D eigenvalue weighted by Gasteiger charge is 2.08. The van der Waals surface area contributed by atoms with Crippen LogP contribution < -0.4 is 23.2 Å². The van der Waals surface area contributed by atoms with Crippen molar-refractivity contribution in [1.82, 2.24) is 14.6 Å². The number of aromatic nitrogens is 4. The average molecular weight is 387 g/mol. The molecule has 4 aromatic rings. The highest BCUT2D eigenvalue weighted by atomic mass is 35.7. The standard InChI is InChI=1S/C18H15N4.ClHO4/c1-2-4-15(5-3-1)12-16-7-10-21(11-8-16)17-13-19-18-6-9-20-22(18)14-17;2-1(3,4)5/h1-11,13-14H,12H2;(H,2,3,4,5)/q+1;/p-1. The molecule has 3 heterocycles. The van der Waals surface area contributed by atoms with Crippen molar-refractivity contribution >= 4 is 5.65 Å². The van der Waals surface area contributed by atoms with E-state index in [1.165, 1.54) is 11.1 Å². The van der Waals surface area contributed by atoms with Gasteiger partial charge in [0.1, 0.15) is 12.4 Å². The molecule has 8 nitrogen and oxygen atoms in total. The van der Waals surface area contributed by atoms with Crippen LogP contribution in [-0.2, 0) is 6.42 Å². The number of fused-ring (bicyclic) bond motifs is 1. The Balaban J connectivity index is 0.000000376. The fourth-order valence-electron chi connectivity index (χ4n) is 2.51. The summed E-state index contributed by atoms with van der Waals surface area (Å²) in [6.07, 6.45) is 10.6. The summed E-state index contributed by atoms with van der Waals surface area (Å²) in [5, 5.41) is 4.22. The van der Waals surface area contributed by atoms with Gasteiger partial charge in [-0.3, -0.25) is 0 Å². The van der Waals surface area contributed by atoms with Gasteiger partial charge < -0.3 is 0 Å². The van der Waals surface area contributed by atoms with Gasteiger partial charge in [0.15, 0.2) is 18.0 Å². The lowest BCUT2D eigenvalue weighted by molar-refractivity contribution is -2.00. The minimum absolute atomic E-state index is 0.852. The van der Waals surface area contributed by atoms with E-state index in [9.17, 15) is 0 Å². The fourth-order valence-corrected chi connectivity index (χ4v) is 2.51. The first kappa shape index (κ1) is 18.9.